The van der Waals surface area contributed by atoms with Gasteiger partial charge in [0.1, 0.15) is 5.75 Å². The molecule has 0 amide bonds. The van der Waals surface area contributed by atoms with E-state index in [1.54, 1.807) is 48.0 Å². The number of ether oxygens (including phenoxy) is 1. The zero-order valence-corrected chi connectivity index (χ0v) is 11.6. The lowest BCUT2D eigenvalue weighted by atomic mass is 10.3. The summed E-state index contributed by atoms with van der Waals surface area (Å²) in [4.78, 5) is 16.2. The Morgan fingerprint density at radius 3 is 2.85 bits per heavy atom. The molecule has 0 spiro atoms. The van der Waals surface area contributed by atoms with E-state index >= 15 is 0 Å². The van der Waals surface area contributed by atoms with Gasteiger partial charge in [-0.2, -0.15) is 0 Å². The molecule has 3 rings (SSSR count). The molecule has 20 heavy (non-hydrogen) atoms. The Balaban J connectivity index is 1.80. The van der Waals surface area contributed by atoms with Crippen LogP contribution in [0.1, 0.15) is 10.5 Å². The minimum absolute atomic E-state index is 0.223. The number of thiazole rings is 1. The molecule has 3 aromatic rings. The van der Waals surface area contributed by atoms with Crippen molar-refractivity contribution >= 4 is 28.9 Å². The maximum atomic E-state index is 12.0. The van der Waals surface area contributed by atoms with E-state index in [1.165, 1.54) is 11.3 Å². The number of furan rings is 1. The zero-order valence-electron chi connectivity index (χ0n) is 10.1. The summed E-state index contributed by atoms with van der Waals surface area (Å²) >= 11 is 7.24. The fourth-order valence-electron chi connectivity index (χ4n) is 1.56. The molecular weight excluding hydrogens is 298 g/mol. The Labute approximate surface area is 123 Å². The highest BCUT2D eigenvalue weighted by atomic mass is 35.5. The highest BCUT2D eigenvalue weighted by molar-refractivity contribution is 7.13. The van der Waals surface area contributed by atoms with Gasteiger partial charge < -0.3 is 9.15 Å². The molecule has 0 radical (unpaired) electrons. The molecule has 0 fully saturated rings. The molecule has 1 aromatic carbocycles. The van der Waals surface area contributed by atoms with Crippen molar-refractivity contribution in [3.63, 3.8) is 0 Å². The fourth-order valence-corrected chi connectivity index (χ4v) is 2.49. The summed E-state index contributed by atoms with van der Waals surface area (Å²) in [6.07, 6.45) is 1.55. The minimum Gasteiger partial charge on any atom is -0.462 e. The second-order valence-corrected chi connectivity index (χ2v) is 5.10. The molecule has 2 heterocycles. The number of para-hydroxylation sites is 1. The summed E-state index contributed by atoms with van der Waals surface area (Å²) in [5.74, 6) is 0.380. The van der Waals surface area contributed by atoms with E-state index < -0.39 is 5.97 Å². The normalized spacial score (nSPS) is 10.4. The molecule has 0 saturated carbocycles. The third kappa shape index (κ3) is 2.59. The van der Waals surface area contributed by atoms with E-state index in [0.29, 0.717) is 21.5 Å². The van der Waals surface area contributed by atoms with Crippen molar-refractivity contribution < 1.29 is 13.9 Å². The van der Waals surface area contributed by atoms with Gasteiger partial charge in [0.05, 0.1) is 11.3 Å². The minimum atomic E-state index is -0.549. The van der Waals surface area contributed by atoms with Crippen LogP contribution in [0, 0.1) is 0 Å². The second-order valence-electron chi connectivity index (χ2n) is 3.84. The topological polar surface area (TPSA) is 52.3 Å². The standard InChI is InChI=1S/C14H8ClNO3S/c15-9-4-1-2-5-11(9)19-14(17)10-8-20-13(16-10)12-6-3-7-18-12/h1-8H. The van der Waals surface area contributed by atoms with Crippen LogP contribution in [0.5, 0.6) is 5.75 Å². The van der Waals surface area contributed by atoms with Crippen LogP contribution in [0.2, 0.25) is 5.02 Å². The molecule has 0 saturated heterocycles. The van der Waals surface area contributed by atoms with E-state index in [9.17, 15) is 4.79 Å². The average Bonchev–Trinajstić information content (AvgIpc) is 3.11. The van der Waals surface area contributed by atoms with E-state index in [0.717, 1.165) is 0 Å². The van der Waals surface area contributed by atoms with Crippen LogP contribution in [0.25, 0.3) is 10.8 Å². The second kappa shape index (κ2) is 5.48. The van der Waals surface area contributed by atoms with Gasteiger partial charge in [-0.25, -0.2) is 9.78 Å². The van der Waals surface area contributed by atoms with Gasteiger partial charge in [-0.15, -0.1) is 11.3 Å². The number of halogens is 1. The smallest absolute Gasteiger partial charge is 0.363 e. The van der Waals surface area contributed by atoms with Crippen LogP contribution in [0.4, 0.5) is 0 Å². The van der Waals surface area contributed by atoms with Gasteiger partial charge in [-0.05, 0) is 24.3 Å². The van der Waals surface area contributed by atoms with E-state index in [-0.39, 0.29) is 5.69 Å². The predicted octanol–water partition coefficient (Wildman–Crippen LogP) is 4.28. The van der Waals surface area contributed by atoms with Crippen molar-refractivity contribution in [2.45, 2.75) is 0 Å². The van der Waals surface area contributed by atoms with Gasteiger partial charge in [0.15, 0.2) is 16.5 Å². The van der Waals surface area contributed by atoms with Crippen LogP contribution in [0.3, 0.4) is 0 Å². The highest BCUT2D eigenvalue weighted by Gasteiger charge is 2.16. The molecule has 0 aliphatic carbocycles. The number of nitrogens with zero attached hydrogens (tertiary/aromatic N) is 1. The summed E-state index contributed by atoms with van der Waals surface area (Å²) in [5, 5.41) is 2.63. The first-order valence-corrected chi connectivity index (χ1v) is 6.96. The predicted molar refractivity (Wildman–Crippen MR) is 76.2 cm³/mol. The van der Waals surface area contributed by atoms with Gasteiger partial charge in [-0.3, -0.25) is 0 Å². The Hall–Kier alpha value is -2.11. The first-order chi connectivity index (χ1) is 9.74. The number of hydrogen-bond acceptors (Lipinski definition) is 5. The molecule has 0 unspecified atom stereocenters. The summed E-state index contributed by atoms with van der Waals surface area (Å²) in [5.41, 5.74) is 0.223. The molecule has 4 nitrogen and oxygen atoms in total. The van der Waals surface area contributed by atoms with Gasteiger partial charge in [0.25, 0.3) is 0 Å². The van der Waals surface area contributed by atoms with Crippen LogP contribution >= 0.6 is 22.9 Å². The molecule has 0 N–H and O–H groups in total. The van der Waals surface area contributed by atoms with Gasteiger partial charge in [-0.1, -0.05) is 23.7 Å². The molecule has 0 aliphatic rings. The first-order valence-electron chi connectivity index (χ1n) is 5.70. The number of hydrogen-bond donors (Lipinski definition) is 0. The monoisotopic (exact) mass is 305 g/mol. The Morgan fingerprint density at radius 2 is 2.10 bits per heavy atom. The van der Waals surface area contributed by atoms with Crippen molar-refractivity contribution in [1.29, 1.82) is 0 Å². The van der Waals surface area contributed by atoms with Gasteiger partial charge in [0, 0.05) is 5.38 Å². The number of benzene rings is 1. The SMILES string of the molecule is O=C(Oc1ccccc1Cl)c1csc(-c2ccco2)n1. The lowest BCUT2D eigenvalue weighted by Gasteiger charge is -2.03. The molecule has 0 aliphatic heterocycles. The third-order valence-corrected chi connectivity index (χ3v) is 3.65. The van der Waals surface area contributed by atoms with Crippen molar-refractivity contribution in [3.05, 3.63) is 58.8 Å². The van der Waals surface area contributed by atoms with Gasteiger partial charge in [0.2, 0.25) is 0 Å². The summed E-state index contributed by atoms with van der Waals surface area (Å²) in [6.45, 7) is 0. The van der Waals surface area contributed by atoms with E-state index in [1.807, 2.05) is 0 Å². The van der Waals surface area contributed by atoms with Crippen LogP contribution in [-0.4, -0.2) is 11.0 Å². The highest BCUT2D eigenvalue weighted by Crippen LogP contribution is 2.26. The van der Waals surface area contributed by atoms with Crippen molar-refractivity contribution in [2.24, 2.45) is 0 Å². The fraction of sp³-hybridized carbons (Fsp3) is 0. The summed E-state index contributed by atoms with van der Waals surface area (Å²) in [7, 11) is 0. The zero-order chi connectivity index (χ0) is 13.9. The maximum Gasteiger partial charge on any atom is 0.363 e. The average molecular weight is 306 g/mol. The van der Waals surface area contributed by atoms with Crippen LogP contribution in [-0.2, 0) is 0 Å². The van der Waals surface area contributed by atoms with Crippen molar-refractivity contribution in [1.82, 2.24) is 4.98 Å². The molecule has 6 heteroatoms. The number of carbonyl (C=O) groups is 1. The van der Waals surface area contributed by atoms with Crippen molar-refractivity contribution in [2.75, 3.05) is 0 Å². The molecule has 0 bridgehead atoms. The largest absolute Gasteiger partial charge is 0.462 e. The Bertz CT molecular complexity index is 736. The maximum absolute atomic E-state index is 12.0. The summed E-state index contributed by atoms with van der Waals surface area (Å²) < 4.78 is 10.4. The summed E-state index contributed by atoms with van der Waals surface area (Å²) in [6, 6.07) is 10.3. The van der Waals surface area contributed by atoms with E-state index in [2.05, 4.69) is 4.98 Å². The van der Waals surface area contributed by atoms with Gasteiger partial charge >= 0.3 is 5.97 Å². The number of aromatic nitrogens is 1. The first kappa shape index (κ1) is 12.9. The van der Waals surface area contributed by atoms with Crippen LogP contribution < -0.4 is 4.74 Å². The lowest BCUT2D eigenvalue weighted by molar-refractivity contribution is 0.0729. The molecule has 2 aromatic heterocycles. The van der Waals surface area contributed by atoms with E-state index in [4.69, 9.17) is 20.8 Å². The lowest BCUT2D eigenvalue weighted by Crippen LogP contribution is -2.09. The molecular formula is C14H8ClNO3S. The molecule has 0 atom stereocenters. The third-order valence-electron chi connectivity index (χ3n) is 2.48. The Morgan fingerprint density at radius 1 is 1.25 bits per heavy atom. The number of esters is 1. The number of rotatable bonds is 3. The number of carbonyl (C=O) groups excluding carboxylic acids is 1. The van der Waals surface area contributed by atoms with Crippen molar-refractivity contribution in [3.8, 4) is 16.5 Å². The van der Waals surface area contributed by atoms with Crippen LogP contribution in [0.15, 0.2) is 52.5 Å². The molecule has 100 valence electrons. The Kier molecular flexibility index (Phi) is 3.54. The quantitative estimate of drug-likeness (QED) is 0.535.